The molecule has 15 rings (SSSR count). The first-order chi connectivity index (χ1) is 31.4. The summed E-state index contributed by atoms with van der Waals surface area (Å²) in [6, 6.07) is 58.0. The van der Waals surface area contributed by atoms with Gasteiger partial charge >= 0.3 is 0 Å². The molecule has 0 amide bonds. The Morgan fingerprint density at radius 2 is 1.02 bits per heavy atom. The average Bonchev–Trinajstić information content (AvgIpc) is 3.95. The van der Waals surface area contributed by atoms with Crippen LogP contribution < -0.4 is 16.4 Å². The smallest absolute Gasteiger partial charge is 0.252 e. The van der Waals surface area contributed by atoms with Gasteiger partial charge in [0.05, 0.1) is 22.1 Å². The van der Waals surface area contributed by atoms with Crippen LogP contribution in [0.4, 0.5) is 0 Å². The summed E-state index contributed by atoms with van der Waals surface area (Å²) in [5, 5.41) is 8.12. The minimum Gasteiger partial charge on any atom is -0.310 e. The van der Waals surface area contributed by atoms with Gasteiger partial charge in [0.2, 0.25) is 0 Å². The van der Waals surface area contributed by atoms with Gasteiger partial charge in [-0.05, 0) is 158 Å². The van der Waals surface area contributed by atoms with Crippen molar-refractivity contribution in [2.75, 3.05) is 0 Å². The molecular formula is C61H45BN2. The molecule has 302 valence electrons. The van der Waals surface area contributed by atoms with E-state index in [-0.39, 0.29) is 6.71 Å². The maximum Gasteiger partial charge on any atom is 0.252 e. The zero-order valence-corrected chi connectivity index (χ0v) is 36.9. The van der Waals surface area contributed by atoms with Crippen LogP contribution in [0.5, 0.6) is 0 Å². The van der Waals surface area contributed by atoms with Crippen LogP contribution in [0.2, 0.25) is 0 Å². The number of rotatable bonds is 4. The predicted molar refractivity (Wildman–Crippen MR) is 271 cm³/mol. The van der Waals surface area contributed by atoms with E-state index in [2.05, 4.69) is 189 Å². The Hall–Kier alpha value is -7.10. The van der Waals surface area contributed by atoms with Crippen molar-refractivity contribution in [3.8, 4) is 33.6 Å². The monoisotopic (exact) mass is 816 g/mol. The van der Waals surface area contributed by atoms with E-state index < -0.39 is 5.41 Å². The summed E-state index contributed by atoms with van der Waals surface area (Å²) in [7, 11) is 0. The van der Waals surface area contributed by atoms with E-state index in [1.54, 1.807) is 0 Å². The highest BCUT2D eigenvalue weighted by Crippen LogP contribution is 2.62. The Morgan fingerprint density at radius 3 is 1.70 bits per heavy atom. The lowest BCUT2D eigenvalue weighted by molar-refractivity contribution is 0.748. The lowest BCUT2D eigenvalue weighted by Gasteiger charge is -2.45. The lowest BCUT2D eigenvalue weighted by atomic mass is 9.33. The number of hydrogen-bond acceptors (Lipinski definition) is 0. The van der Waals surface area contributed by atoms with Gasteiger partial charge in [0, 0.05) is 43.8 Å². The third kappa shape index (κ3) is 3.91. The van der Waals surface area contributed by atoms with Crippen molar-refractivity contribution in [2.24, 2.45) is 0 Å². The van der Waals surface area contributed by atoms with E-state index >= 15 is 0 Å². The minimum atomic E-state index is -0.549. The van der Waals surface area contributed by atoms with Crippen LogP contribution in [-0.4, -0.2) is 15.8 Å². The Labute approximate surface area is 373 Å². The summed E-state index contributed by atoms with van der Waals surface area (Å²) >= 11 is 0. The SMILES string of the molecule is CCc1cc2c3c(c1)c1cc(C)ccc1n3-c1c(-c3ccc(C)c4ccccc34)cc3c4c1B2c1cc(CC)cc2c5cc(CC)cc(c5n-4c12)C31c2ccccc2-c2ccccc21. The molecular weight excluding hydrogens is 771 g/mol. The number of benzene rings is 9. The summed E-state index contributed by atoms with van der Waals surface area (Å²) < 4.78 is 5.51. The van der Waals surface area contributed by atoms with Crippen molar-refractivity contribution in [3.05, 3.63) is 196 Å². The van der Waals surface area contributed by atoms with Gasteiger partial charge < -0.3 is 9.13 Å². The van der Waals surface area contributed by atoms with Crippen molar-refractivity contribution in [1.29, 1.82) is 0 Å². The quantitative estimate of drug-likeness (QED) is 0.157. The predicted octanol–water partition coefficient (Wildman–Crippen LogP) is 12.8. The van der Waals surface area contributed by atoms with Crippen molar-refractivity contribution >= 4 is 77.5 Å². The van der Waals surface area contributed by atoms with E-state index in [0.717, 1.165) is 19.3 Å². The second kappa shape index (κ2) is 11.9. The van der Waals surface area contributed by atoms with Gasteiger partial charge in [-0.1, -0.05) is 136 Å². The first kappa shape index (κ1) is 35.4. The molecule has 64 heavy (non-hydrogen) atoms. The maximum atomic E-state index is 2.78. The van der Waals surface area contributed by atoms with Gasteiger partial charge in [0.25, 0.3) is 6.71 Å². The second-order valence-electron chi connectivity index (χ2n) is 19.3. The van der Waals surface area contributed by atoms with E-state index in [4.69, 9.17) is 0 Å². The largest absolute Gasteiger partial charge is 0.310 e. The Morgan fingerprint density at radius 1 is 0.422 bits per heavy atom. The number of aromatic nitrogens is 2. The van der Waals surface area contributed by atoms with Crippen LogP contribution in [0.15, 0.2) is 146 Å². The third-order valence-corrected chi connectivity index (χ3v) is 16.3. The van der Waals surface area contributed by atoms with E-state index in [9.17, 15) is 0 Å². The zero-order chi connectivity index (χ0) is 42.5. The highest BCUT2D eigenvalue weighted by atomic mass is 15.1. The summed E-state index contributed by atoms with van der Waals surface area (Å²) in [6.45, 7) is 11.6. The number of aryl methyl sites for hydroxylation is 5. The van der Waals surface area contributed by atoms with E-state index in [1.807, 2.05) is 0 Å². The van der Waals surface area contributed by atoms with Gasteiger partial charge in [-0.15, -0.1) is 0 Å². The lowest BCUT2D eigenvalue weighted by Crippen LogP contribution is -2.60. The molecule has 0 fully saturated rings. The fraction of sp³-hybridized carbons (Fsp3) is 0.148. The van der Waals surface area contributed by atoms with Crippen LogP contribution >= 0.6 is 0 Å². The van der Waals surface area contributed by atoms with Gasteiger partial charge in [0.15, 0.2) is 0 Å². The summed E-state index contributed by atoms with van der Waals surface area (Å²) in [6.07, 6.45) is 2.94. The molecule has 0 atom stereocenters. The van der Waals surface area contributed by atoms with Gasteiger partial charge in [-0.2, -0.15) is 0 Å². The van der Waals surface area contributed by atoms with Crippen molar-refractivity contribution in [3.63, 3.8) is 0 Å². The van der Waals surface area contributed by atoms with E-state index in [0.29, 0.717) is 0 Å². The fourth-order valence-corrected chi connectivity index (χ4v) is 13.6. The molecule has 11 aromatic rings. The molecule has 5 heterocycles. The van der Waals surface area contributed by atoms with E-state index in [1.165, 1.54) is 154 Å². The average molecular weight is 817 g/mol. The third-order valence-electron chi connectivity index (χ3n) is 16.3. The fourth-order valence-electron chi connectivity index (χ4n) is 13.6. The number of fused-ring (bicyclic) bond motifs is 15. The summed E-state index contributed by atoms with van der Waals surface area (Å²) in [5.41, 5.74) is 29.6. The number of nitrogens with zero attached hydrogens (tertiary/aromatic N) is 2. The molecule has 2 nitrogen and oxygen atoms in total. The maximum absolute atomic E-state index is 2.78. The highest BCUT2D eigenvalue weighted by molar-refractivity contribution is 7.00. The second-order valence-corrected chi connectivity index (χ2v) is 19.3. The summed E-state index contributed by atoms with van der Waals surface area (Å²) in [4.78, 5) is 0. The normalized spacial score (nSPS) is 14.3. The van der Waals surface area contributed by atoms with Crippen LogP contribution in [0.25, 0.3) is 88.0 Å². The molecule has 0 N–H and O–H groups in total. The molecule has 0 saturated carbocycles. The first-order valence-corrected chi connectivity index (χ1v) is 23.6. The van der Waals surface area contributed by atoms with Gasteiger partial charge in [-0.25, -0.2) is 0 Å². The van der Waals surface area contributed by atoms with Crippen LogP contribution in [-0.2, 0) is 24.7 Å². The Balaban J connectivity index is 1.28. The van der Waals surface area contributed by atoms with Crippen LogP contribution in [0.3, 0.4) is 0 Å². The van der Waals surface area contributed by atoms with Crippen LogP contribution in [0.1, 0.15) is 70.8 Å². The first-order valence-electron chi connectivity index (χ1n) is 23.6. The molecule has 4 aliphatic rings. The van der Waals surface area contributed by atoms with Crippen LogP contribution in [0, 0.1) is 13.8 Å². The molecule has 3 heteroatoms. The standard InChI is InChI=1S/C61H45BN2/c1-6-35-26-45-46-28-37(8-3)31-53-58(46)64-56(45)50(29-35)61(48-19-13-11-17-41(48)42-18-12-14-20-49(42)61)51-32-47(40-23-22-34(5)38-15-9-10-16-39(38)40)59-55(60(51)64)62(53)52-30-36(7-2)27-44-43-25-33(4)21-24-54(43)63(59)57(44)52/h9-32H,6-8H2,1-5H3. The molecule has 9 aromatic carbocycles. The van der Waals surface area contributed by atoms with Crippen molar-refractivity contribution in [1.82, 2.24) is 9.13 Å². The molecule has 1 spiro atoms. The molecule has 1 aliphatic carbocycles. The molecule has 2 aromatic heterocycles. The zero-order valence-electron chi connectivity index (χ0n) is 36.9. The highest BCUT2D eigenvalue weighted by Gasteiger charge is 2.55. The molecule has 0 saturated heterocycles. The Bertz CT molecular complexity index is 3960. The van der Waals surface area contributed by atoms with Gasteiger partial charge in [-0.3, -0.25) is 0 Å². The Kier molecular flexibility index (Phi) is 6.59. The number of hydrogen-bond donors (Lipinski definition) is 0. The minimum absolute atomic E-state index is 0.0364. The molecule has 3 aliphatic heterocycles. The van der Waals surface area contributed by atoms with Crippen molar-refractivity contribution < 1.29 is 0 Å². The molecule has 0 radical (unpaired) electrons. The van der Waals surface area contributed by atoms with Crippen molar-refractivity contribution in [2.45, 2.75) is 59.3 Å². The topological polar surface area (TPSA) is 9.86 Å². The molecule has 0 bridgehead atoms. The van der Waals surface area contributed by atoms with Gasteiger partial charge in [0.1, 0.15) is 0 Å². The summed E-state index contributed by atoms with van der Waals surface area (Å²) in [5.74, 6) is 0. The molecule has 0 unspecified atom stereocenters.